The lowest BCUT2D eigenvalue weighted by atomic mass is 10.1. The minimum absolute atomic E-state index is 0.506. The second-order valence-corrected chi connectivity index (χ2v) is 8.56. The first-order valence-corrected chi connectivity index (χ1v) is 11.5. The average Bonchev–Trinajstić information content (AvgIpc) is 3.46. The molecule has 5 rings (SSSR count). The Morgan fingerprint density at radius 1 is 0.938 bits per heavy atom. The summed E-state index contributed by atoms with van der Waals surface area (Å²) in [5.41, 5.74) is 4.31. The Balaban J connectivity index is 1.42. The molecule has 1 saturated heterocycles. The van der Waals surface area contributed by atoms with Crippen molar-refractivity contribution >= 4 is 17.7 Å². The van der Waals surface area contributed by atoms with Crippen LogP contribution >= 0.6 is 11.8 Å². The highest BCUT2D eigenvalue weighted by Gasteiger charge is 2.23. The van der Waals surface area contributed by atoms with Crippen molar-refractivity contribution < 1.29 is 9.26 Å². The van der Waals surface area contributed by atoms with Crippen LogP contribution in [0, 0.1) is 13.8 Å². The van der Waals surface area contributed by atoms with Crippen molar-refractivity contribution in [3.05, 3.63) is 65.5 Å². The van der Waals surface area contributed by atoms with Gasteiger partial charge >= 0.3 is 0 Å². The number of benzene rings is 2. The van der Waals surface area contributed by atoms with Crippen LogP contribution in [0.3, 0.4) is 0 Å². The number of nitrogens with zero attached hydrogens (tertiary/aromatic N) is 6. The van der Waals surface area contributed by atoms with Gasteiger partial charge in [-0.15, -0.1) is 10.2 Å². The molecule has 32 heavy (non-hydrogen) atoms. The number of aromatic nitrogens is 5. The molecule has 2 aromatic carbocycles. The Bertz CT molecular complexity index is 1210. The molecule has 8 nitrogen and oxygen atoms in total. The van der Waals surface area contributed by atoms with Crippen molar-refractivity contribution in [2.75, 3.05) is 31.2 Å². The number of morpholine rings is 1. The highest BCUT2D eigenvalue weighted by atomic mass is 32.2. The summed E-state index contributed by atoms with van der Waals surface area (Å²) in [7, 11) is 0. The van der Waals surface area contributed by atoms with Crippen molar-refractivity contribution in [3.8, 4) is 17.1 Å². The van der Waals surface area contributed by atoms with Crippen LogP contribution in [0.25, 0.3) is 17.1 Å². The number of thioether (sulfide) groups is 1. The van der Waals surface area contributed by atoms with E-state index < -0.39 is 0 Å². The van der Waals surface area contributed by atoms with Crippen molar-refractivity contribution in [1.82, 2.24) is 24.9 Å². The topological polar surface area (TPSA) is 82.1 Å². The lowest BCUT2D eigenvalue weighted by Gasteiger charge is -2.28. The van der Waals surface area contributed by atoms with Gasteiger partial charge in [-0.2, -0.15) is 4.98 Å². The van der Waals surface area contributed by atoms with Gasteiger partial charge in [-0.3, -0.25) is 4.57 Å². The largest absolute Gasteiger partial charge is 0.378 e. The predicted octanol–water partition coefficient (Wildman–Crippen LogP) is 4.06. The van der Waals surface area contributed by atoms with E-state index in [1.165, 1.54) is 11.8 Å². The number of para-hydroxylation sites is 1. The summed E-state index contributed by atoms with van der Waals surface area (Å²) < 4.78 is 13.2. The molecule has 1 aliphatic rings. The summed E-state index contributed by atoms with van der Waals surface area (Å²) in [6.45, 7) is 7.09. The molecule has 2 aromatic heterocycles. The molecule has 0 spiro atoms. The van der Waals surface area contributed by atoms with Crippen LogP contribution in [0.1, 0.15) is 17.0 Å². The maximum atomic E-state index is 5.52. The van der Waals surface area contributed by atoms with Crippen molar-refractivity contribution in [2.45, 2.75) is 24.8 Å². The Labute approximate surface area is 190 Å². The summed E-state index contributed by atoms with van der Waals surface area (Å²) in [6.07, 6.45) is 0. The maximum Gasteiger partial charge on any atom is 0.237 e. The standard InChI is InChI=1S/C23H24N6O2S/c1-16-7-3-5-9-18(16)21-24-20(31-27-21)15-32-23-26-25-22(28-11-13-30-14-12-28)29(23)19-10-6-4-8-17(19)2/h3-10H,11-15H2,1-2H3. The maximum absolute atomic E-state index is 5.52. The average molecular weight is 449 g/mol. The lowest BCUT2D eigenvalue weighted by molar-refractivity contribution is 0.122. The van der Waals surface area contributed by atoms with Crippen LogP contribution in [0.15, 0.2) is 58.2 Å². The van der Waals surface area contributed by atoms with Crippen LogP contribution in [0.5, 0.6) is 0 Å². The summed E-state index contributed by atoms with van der Waals surface area (Å²) >= 11 is 1.54. The Hall–Kier alpha value is -3.17. The molecule has 9 heteroatoms. The highest BCUT2D eigenvalue weighted by molar-refractivity contribution is 7.98. The van der Waals surface area contributed by atoms with Gasteiger partial charge in [0.25, 0.3) is 0 Å². The van der Waals surface area contributed by atoms with E-state index in [0.29, 0.717) is 30.7 Å². The number of rotatable bonds is 6. The Kier molecular flexibility index (Phi) is 5.91. The van der Waals surface area contributed by atoms with Crippen molar-refractivity contribution in [3.63, 3.8) is 0 Å². The first kappa shape index (κ1) is 20.7. The smallest absolute Gasteiger partial charge is 0.237 e. The van der Waals surface area contributed by atoms with Gasteiger partial charge in [0.1, 0.15) is 0 Å². The fourth-order valence-electron chi connectivity index (χ4n) is 3.72. The van der Waals surface area contributed by atoms with E-state index in [2.05, 4.69) is 48.9 Å². The molecule has 0 N–H and O–H groups in total. The van der Waals surface area contributed by atoms with Gasteiger partial charge < -0.3 is 14.2 Å². The molecule has 164 valence electrons. The second-order valence-electron chi connectivity index (χ2n) is 7.62. The summed E-state index contributed by atoms with van der Waals surface area (Å²) in [5, 5.41) is 14.0. The molecule has 0 saturated carbocycles. The van der Waals surface area contributed by atoms with E-state index >= 15 is 0 Å². The van der Waals surface area contributed by atoms with Crippen LogP contribution in [0.2, 0.25) is 0 Å². The van der Waals surface area contributed by atoms with E-state index in [-0.39, 0.29) is 0 Å². The first-order valence-electron chi connectivity index (χ1n) is 10.6. The second kappa shape index (κ2) is 9.13. The molecule has 0 unspecified atom stereocenters. The van der Waals surface area contributed by atoms with Gasteiger partial charge in [0.15, 0.2) is 5.16 Å². The molecular formula is C23H24N6O2S. The molecule has 0 bridgehead atoms. The molecule has 3 heterocycles. The zero-order chi connectivity index (χ0) is 21.9. The molecular weight excluding hydrogens is 424 g/mol. The third-order valence-electron chi connectivity index (χ3n) is 5.45. The van der Waals surface area contributed by atoms with Gasteiger partial charge in [-0.25, -0.2) is 0 Å². The molecule has 1 aliphatic heterocycles. The van der Waals surface area contributed by atoms with E-state index in [4.69, 9.17) is 9.26 Å². The van der Waals surface area contributed by atoms with Gasteiger partial charge in [-0.05, 0) is 31.0 Å². The van der Waals surface area contributed by atoms with Crippen LogP contribution in [0.4, 0.5) is 5.95 Å². The zero-order valence-corrected chi connectivity index (χ0v) is 18.9. The molecule has 0 radical (unpaired) electrons. The minimum Gasteiger partial charge on any atom is -0.378 e. The molecule has 0 aliphatic carbocycles. The van der Waals surface area contributed by atoms with E-state index in [1.54, 1.807) is 0 Å². The zero-order valence-electron chi connectivity index (χ0n) is 18.1. The Morgan fingerprint density at radius 2 is 1.69 bits per heavy atom. The summed E-state index contributed by atoms with van der Waals surface area (Å²) in [5.74, 6) is 2.50. The third-order valence-corrected chi connectivity index (χ3v) is 6.36. The fourth-order valence-corrected chi connectivity index (χ4v) is 4.50. The molecule has 1 fully saturated rings. The highest BCUT2D eigenvalue weighted by Crippen LogP contribution is 2.31. The number of ether oxygens (including phenoxy) is 1. The Morgan fingerprint density at radius 3 is 2.47 bits per heavy atom. The van der Waals surface area contributed by atoms with E-state index in [1.807, 2.05) is 43.3 Å². The number of aryl methyl sites for hydroxylation is 2. The summed E-state index contributed by atoms with van der Waals surface area (Å²) in [4.78, 5) is 6.81. The van der Waals surface area contributed by atoms with Gasteiger partial charge in [0, 0.05) is 18.7 Å². The summed E-state index contributed by atoms with van der Waals surface area (Å²) in [6, 6.07) is 16.3. The monoisotopic (exact) mass is 448 g/mol. The molecule has 4 aromatic rings. The van der Waals surface area contributed by atoms with Gasteiger partial charge in [0.2, 0.25) is 17.7 Å². The number of anilines is 1. The van der Waals surface area contributed by atoms with Crippen molar-refractivity contribution in [2.24, 2.45) is 0 Å². The normalized spacial score (nSPS) is 14.1. The van der Waals surface area contributed by atoms with Gasteiger partial charge in [0.05, 0.1) is 24.7 Å². The van der Waals surface area contributed by atoms with Crippen molar-refractivity contribution in [1.29, 1.82) is 0 Å². The lowest BCUT2D eigenvalue weighted by Crippen LogP contribution is -2.38. The third kappa shape index (κ3) is 4.13. The van der Waals surface area contributed by atoms with Gasteiger partial charge in [-0.1, -0.05) is 59.4 Å². The van der Waals surface area contributed by atoms with E-state index in [9.17, 15) is 0 Å². The van der Waals surface area contributed by atoms with E-state index in [0.717, 1.165) is 46.6 Å². The molecule has 0 atom stereocenters. The minimum atomic E-state index is 0.506. The van der Waals surface area contributed by atoms with Crippen LogP contribution in [-0.4, -0.2) is 51.2 Å². The van der Waals surface area contributed by atoms with Crippen LogP contribution in [-0.2, 0) is 10.5 Å². The SMILES string of the molecule is Cc1ccccc1-c1noc(CSc2nnc(N3CCOCC3)n2-c2ccccc2C)n1. The quantitative estimate of drug-likeness (QED) is 0.409. The van der Waals surface area contributed by atoms with Crippen LogP contribution < -0.4 is 4.90 Å². The first-order chi connectivity index (χ1) is 15.7. The number of hydrogen-bond acceptors (Lipinski definition) is 8. The predicted molar refractivity (Wildman–Crippen MR) is 123 cm³/mol. The number of hydrogen-bond donors (Lipinski definition) is 0. The molecule has 0 amide bonds. The fraction of sp³-hybridized carbons (Fsp3) is 0.304.